The predicted octanol–water partition coefficient (Wildman–Crippen LogP) is 6.52. The first-order valence-corrected chi connectivity index (χ1v) is 12.1. The molecule has 1 atom stereocenters. The summed E-state index contributed by atoms with van der Waals surface area (Å²) in [6.07, 6.45) is 1.68. The van der Waals surface area contributed by atoms with Gasteiger partial charge < -0.3 is 14.8 Å². The Morgan fingerprint density at radius 2 is 1.70 bits per heavy atom. The SMILES string of the molecule is COC(=O)[C@H](Cc1ccc(-c2cc(Cl)c(F)cc2OC)c2cccnc12)NC(=O)c1c(Cl)cccc1Cl. The van der Waals surface area contributed by atoms with E-state index in [4.69, 9.17) is 44.3 Å². The van der Waals surface area contributed by atoms with Crippen LogP contribution in [-0.4, -0.2) is 37.1 Å². The molecular weight excluding hydrogens is 542 g/mol. The maximum Gasteiger partial charge on any atom is 0.328 e. The van der Waals surface area contributed by atoms with Gasteiger partial charge in [0.05, 0.1) is 40.4 Å². The quantitative estimate of drug-likeness (QED) is 0.260. The molecular formula is C27H20Cl3FN2O4. The minimum atomic E-state index is -1.06. The molecule has 0 aliphatic heterocycles. The Hall–Kier alpha value is -3.39. The molecule has 3 aromatic carbocycles. The van der Waals surface area contributed by atoms with E-state index in [0.29, 0.717) is 33.3 Å². The van der Waals surface area contributed by atoms with Gasteiger partial charge >= 0.3 is 5.97 Å². The van der Waals surface area contributed by atoms with Crippen molar-refractivity contribution >= 4 is 57.6 Å². The number of nitrogens with zero attached hydrogens (tertiary/aromatic N) is 1. The number of benzene rings is 3. The normalized spacial score (nSPS) is 11.7. The highest BCUT2D eigenvalue weighted by molar-refractivity contribution is 6.39. The highest BCUT2D eigenvalue weighted by Crippen LogP contribution is 2.38. The number of methoxy groups -OCH3 is 2. The minimum Gasteiger partial charge on any atom is -0.496 e. The molecule has 4 rings (SSSR count). The van der Waals surface area contributed by atoms with Gasteiger partial charge in [-0.15, -0.1) is 0 Å². The second-order valence-corrected chi connectivity index (χ2v) is 9.21. The number of esters is 1. The first-order valence-electron chi connectivity index (χ1n) is 11.0. The number of pyridine rings is 1. The molecule has 0 unspecified atom stereocenters. The van der Waals surface area contributed by atoms with Crippen molar-refractivity contribution in [2.75, 3.05) is 14.2 Å². The number of amides is 1. The van der Waals surface area contributed by atoms with Crippen LogP contribution in [0.5, 0.6) is 5.75 Å². The predicted molar refractivity (Wildman–Crippen MR) is 142 cm³/mol. The van der Waals surface area contributed by atoms with Gasteiger partial charge in [-0.2, -0.15) is 0 Å². The van der Waals surface area contributed by atoms with Crippen molar-refractivity contribution in [3.8, 4) is 16.9 Å². The number of ether oxygens (including phenoxy) is 2. The van der Waals surface area contributed by atoms with Gasteiger partial charge in [0.15, 0.2) is 0 Å². The second-order valence-electron chi connectivity index (χ2n) is 7.99. The monoisotopic (exact) mass is 560 g/mol. The Labute approximate surface area is 227 Å². The van der Waals surface area contributed by atoms with Crippen LogP contribution in [0, 0.1) is 5.82 Å². The Balaban J connectivity index is 1.75. The van der Waals surface area contributed by atoms with Crippen molar-refractivity contribution in [2.24, 2.45) is 0 Å². The number of fused-ring (bicyclic) bond motifs is 1. The summed E-state index contributed by atoms with van der Waals surface area (Å²) < 4.78 is 24.4. The summed E-state index contributed by atoms with van der Waals surface area (Å²) >= 11 is 18.4. The van der Waals surface area contributed by atoms with E-state index in [2.05, 4.69) is 10.3 Å². The van der Waals surface area contributed by atoms with E-state index in [1.165, 1.54) is 38.5 Å². The fourth-order valence-electron chi connectivity index (χ4n) is 4.04. The summed E-state index contributed by atoms with van der Waals surface area (Å²) in [4.78, 5) is 30.1. The van der Waals surface area contributed by atoms with Crippen LogP contribution in [0.25, 0.3) is 22.0 Å². The molecule has 1 amide bonds. The van der Waals surface area contributed by atoms with Crippen LogP contribution in [0.4, 0.5) is 4.39 Å². The molecule has 0 bridgehead atoms. The third-order valence-corrected chi connectivity index (χ3v) is 6.71. The van der Waals surface area contributed by atoms with Crippen LogP contribution < -0.4 is 10.1 Å². The average molecular weight is 562 g/mol. The fraction of sp³-hybridized carbons (Fsp3) is 0.148. The van der Waals surface area contributed by atoms with E-state index >= 15 is 0 Å². The van der Waals surface area contributed by atoms with Crippen LogP contribution in [0.15, 0.2) is 60.8 Å². The lowest BCUT2D eigenvalue weighted by Crippen LogP contribution is -2.43. The van der Waals surface area contributed by atoms with Crippen molar-refractivity contribution in [3.05, 3.63) is 92.8 Å². The van der Waals surface area contributed by atoms with Gasteiger partial charge in [-0.25, -0.2) is 9.18 Å². The lowest BCUT2D eigenvalue weighted by Gasteiger charge is -2.19. The number of hydrogen-bond donors (Lipinski definition) is 1. The minimum absolute atomic E-state index is 0.0522. The summed E-state index contributed by atoms with van der Waals surface area (Å²) in [5.41, 5.74) is 2.56. The number of rotatable bonds is 7. The first-order chi connectivity index (χ1) is 17.7. The molecule has 0 radical (unpaired) electrons. The van der Waals surface area contributed by atoms with Gasteiger partial charge in [-0.1, -0.05) is 59.1 Å². The molecule has 1 heterocycles. The van der Waals surface area contributed by atoms with E-state index in [9.17, 15) is 14.0 Å². The fourth-order valence-corrected chi connectivity index (χ4v) is 4.77. The molecule has 4 aromatic rings. The van der Waals surface area contributed by atoms with Crippen LogP contribution in [0.3, 0.4) is 0 Å². The van der Waals surface area contributed by atoms with E-state index in [-0.39, 0.29) is 27.1 Å². The molecule has 0 spiro atoms. The van der Waals surface area contributed by atoms with Crippen molar-refractivity contribution in [1.82, 2.24) is 10.3 Å². The molecule has 6 nitrogen and oxygen atoms in total. The van der Waals surface area contributed by atoms with Crippen molar-refractivity contribution < 1.29 is 23.5 Å². The molecule has 10 heteroatoms. The molecule has 0 aliphatic rings. The molecule has 0 saturated carbocycles. The van der Waals surface area contributed by atoms with Crippen molar-refractivity contribution in [1.29, 1.82) is 0 Å². The van der Waals surface area contributed by atoms with Gasteiger partial charge in [0.25, 0.3) is 5.91 Å². The topological polar surface area (TPSA) is 77.5 Å². The molecule has 37 heavy (non-hydrogen) atoms. The largest absolute Gasteiger partial charge is 0.496 e. The number of aromatic nitrogens is 1. The molecule has 0 saturated heterocycles. The highest BCUT2D eigenvalue weighted by Gasteiger charge is 2.26. The Bertz CT molecular complexity index is 1490. The maximum absolute atomic E-state index is 14.1. The Morgan fingerprint density at radius 3 is 2.38 bits per heavy atom. The van der Waals surface area contributed by atoms with Gasteiger partial charge in [0, 0.05) is 29.6 Å². The molecule has 190 valence electrons. The van der Waals surface area contributed by atoms with Crippen molar-refractivity contribution in [3.63, 3.8) is 0 Å². The molecule has 1 aromatic heterocycles. The summed E-state index contributed by atoms with van der Waals surface area (Å²) in [5, 5.41) is 3.63. The number of nitrogens with one attached hydrogen (secondary N) is 1. The third-order valence-electron chi connectivity index (χ3n) is 5.79. The lowest BCUT2D eigenvalue weighted by atomic mass is 9.94. The van der Waals surface area contributed by atoms with E-state index in [1.807, 2.05) is 6.07 Å². The van der Waals surface area contributed by atoms with E-state index in [1.54, 1.807) is 30.5 Å². The van der Waals surface area contributed by atoms with E-state index < -0.39 is 23.7 Å². The van der Waals surface area contributed by atoms with Gasteiger partial charge in [-0.3, -0.25) is 9.78 Å². The zero-order chi connectivity index (χ0) is 26.7. The zero-order valence-corrected chi connectivity index (χ0v) is 21.9. The van der Waals surface area contributed by atoms with Gasteiger partial charge in [0.2, 0.25) is 0 Å². The summed E-state index contributed by atoms with van der Waals surface area (Å²) in [6.45, 7) is 0. The maximum atomic E-state index is 14.1. The number of hydrogen-bond acceptors (Lipinski definition) is 5. The van der Waals surface area contributed by atoms with Crippen LogP contribution in [0.1, 0.15) is 15.9 Å². The lowest BCUT2D eigenvalue weighted by molar-refractivity contribution is -0.142. The summed E-state index contributed by atoms with van der Waals surface area (Å²) in [5.74, 6) is -1.57. The van der Waals surface area contributed by atoms with E-state index in [0.717, 1.165) is 0 Å². The van der Waals surface area contributed by atoms with Crippen LogP contribution in [0.2, 0.25) is 15.1 Å². The second kappa shape index (κ2) is 11.3. The molecule has 0 aliphatic carbocycles. The first kappa shape index (κ1) is 26.7. The molecule has 0 fully saturated rings. The third kappa shape index (κ3) is 5.49. The highest BCUT2D eigenvalue weighted by atomic mass is 35.5. The summed E-state index contributed by atoms with van der Waals surface area (Å²) in [7, 11) is 2.67. The number of halogens is 4. The number of carbonyl (C=O) groups excluding carboxylic acids is 2. The van der Waals surface area contributed by atoms with Crippen LogP contribution in [-0.2, 0) is 16.0 Å². The van der Waals surface area contributed by atoms with Gasteiger partial charge in [-0.05, 0) is 35.4 Å². The Morgan fingerprint density at radius 1 is 0.973 bits per heavy atom. The van der Waals surface area contributed by atoms with Crippen molar-refractivity contribution in [2.45, 2.75) is 12.5 Å². The zero-order valence-electron chi connectivity index (χ0n) is 19.7. The van der Waals surface area contributed by atoms with Crippen LogP contribution >= 0.6 is 34.8 Å². The molecule has 1 N–H and O–H groups in total. The smallest absolute Gasteiger partial charge is 0.328 e. The van der Waals surface area contributed by atoms with Gasteiger partial charge in [0.1, 0.15) is 17.6 Å². The summed E-state index contributed by atoms with van der Waals surface area (Å²) in [6, 6.07) is 13.5. The Kier molecular flexibility index (Phi) is 8.17. The standard InChI is InChI=1S/C27H20Cl3FN2O4/c1-36-23-13-21(31)20(30)12-17(23)15-9-8-14(25-16(15)5-4-10-32-25)11-22(27(35)37-2)33-26(34)24-18(28)6-3-7-19(24)29/h3-10,12-13,22H,11H2,1-2H3,(H,33,34)/t22-/m0/s1. The average Bonchev–Trinajstić information content (AvgIpc) is 2.89. The number of carbonyl (C=O) groups is 2.